The van der Waals surface area contributed by atoms with Crippen LogP contribution in [0.2, 0.25) is 0 Å². The molecule has 3 rings (SSSR count). The van der Waals surface area contributed by atoms with Gasteiger partial charge in [0.2, 0.25) is 0 Å². The van der Waals surface area contributed by atoms with E-state index in [-0.39, 0.29) is 5.54 Å². The van der Waals surface area contributed by atoms with Crippen LogP contribution in [0.15, 0.2) is 23.8 Å². The summed E-state index contributed by atoms with van der Waals surface area (Å²) in [7, 11) is 0. The Morgan fingerprint density at radius 1 is 1.15 bits per heavy atom. The molecule has 2 N–H and O–H groups in total. The first kappa shape index (κ1) is 20.1. The summed E-state index contributed by atoms with van der Waals surface area (Å²) in [6.07, 6.45) is 10.3. The molecule has 0 bridgehead atoms. The van der Waals surface area contributed by atoms with E-state index in [0.717, 1.165) is 44.4 Å². The van der Waals surface area contributed by atoms with Gasteiger partial charge in [-0.05, 0) is 43.9 Å². The van der Waals surface area contributed by atoms with E-state index in [0.29, 0.717) is 5.92 Å². The van der Waals surface area contributed by atoms with Gasteiger partial charge < -0.3 is 15.4 Å². The van der Waals surface area contributed by atoms with Crippen molar-refractivity contribution in [3.05, 3.63) is 23.8 Å². The number of allylic oxidation sites excluding steroid dienone is 3. The number of nitrogens with zero attached hydrogens (tertiary/aromatic N) is 2. The molecule has 148 valence electrons. The van der Waals surface area contributed by atoms with Crippen molar-refractivity contribution in [1.82, 2.24) is 9.80 Å². The molecule has 3 aliphatic heterocycles. The molecule has 4 nitrogen and oxygen atoms in total. The first-order valence-electron chi connectivity index (χ1n) is 10.6. The van der Waals surface area contributed by atoms with Crippen LogP contribution in [0, 0.1) is 17.8 Å². The zero-order valence-corrected chi connectivity index (χ0v) is 17.1. The predicted octanol–water partition coefficient (Wildman–Crippen LogP) is 2.91. The van der Waals surface area contributed by atoms with Gasteiger partial charge in [0.05, 0.1) is 0 Å². The lowest BCUT2D eigenvalue weighted by Gasteiger charge is -2.44. The third-order valence-electron chi connectivity index (χ3n) is 6.68. The highest BCUT2D eigenvalue weighted by atomic mass is 16.5. The fourth-order valence-corrected chi connectivity index (χ4v) is 5.21. The maximum atomic E-state index is 6.22. The van der Waals surface area contributed by atoms with E-state index >= 15 is 0 Å². The van der Waals surface area contributed by atoms with Gasteiger partial charge in [-0.2, -0.15) is 0 Å². The van der Waals surface area contributed by atoms with Crippen molar-refractivity contribution in [1.29, 1.82) is 0 Å². The third-order valence-corrected chi connectivity index (χ3v) is 6.68. The summed E-state index contributed by atoms with van der Waals surface area (Å²) in [5.74, 6) is 2.29. The number of likely N-dealkylation sites (tertiary alicyclic amines) is 2. The Hall–Kier alpha value is -0.680. The average molecular weight is 362 g/mol. The first-order chi connectivity index (χ1) is 12.6. The highest BCUT2D eigenvalue weighted by Gasteiger charge is 2.47. The van der Waals surface area contributed by atoms with Gasteiger partial charge in [-0.15, -0.1) is 0 Å². The van der Waals surface area contributed by atoms with Crippen LogP contribution in [-0.4, -0.2) is 67.8 Å². The zero-order valence-electron chi connectivity index (χ0n) is 17.1. The lowest BCUT2D eigenvalue weighted by atomic mass is 9.88. The Morgan fingerprint density at radius 3 is 2.35 bits per heavy atom. The van der Waals surface area contributed by atoms with E-state index in [4.69, 9.17) is 10.5 Å². The van der Waals surface area contributed by atoms with Crippen LogP contribution in [-0.2, 0) is 4.74 Å². The van der Waals surface area contributed by atoms with Crippen molar-refractivity contribution in [3.8, 4) is 0 Å². The van der Waals surface area contributed by atoms with Gasteiger partial charge in [0.25, 0.3) is 0 Å². The van der Waals surface area contributed by atoms with E-state index in [9.17, 15) is 0 Å². The zero-order chi connectivity index (χ0) is 18.6. The summed E-state index contributed by atoms with van der Waals surface area (Å²) in [5, 5.41) is 0. The third kappa shape index (κ3) is 4.59. The molecule has 3 fully saturated rings. The second kappa shape index (κ2) is 9.01. The second-order valence-electron chi connectivity index (χ2n) is 8.96. The molecule has 4 heteroatoms. The number of fused-ring (bicyclic) bond motifs is 1. The summed E-state index contributed by atoms with van der Waals surface area (Å²) in [4.78, 5) is 5.43. The Balaban J connectivity index is 1.50. The van der Waals surface area contributed by atoms with Gasteiger partial charge in [0.15, 0.2) is 0 Å². The molecule has 0 spiro atoms. The minimum Gasteiger partial charge on any atom is -0.381 e. The molecule has 0 saturated carbocycles. The van der Waals surface area contributed by atoms with Gasteiger partial charge >= 0.3 is 0 Å². The molecule has 2 unspecified atom stereocenters. The van der Waals surface area contributed by atoms with E-state index in [2.05, 4.69) is 48.8 Å². The summed E-state index contributed by atoms with van der Waals surface area (Å²) in [6, 6.07) is 0. The van der Waals surface area contributed by atoms with Crippen LogP contribution in [0.3, 0.4) is 0 Å². The normalized spacial score (nSPS) is 30.6. The number of rotatable bonds is 7. The molecule has 0 amide bonds. The van der Waals surface area contributed by atoms with Crippen molar-refractivity contribution in [2.24, 2.45) is 23.5 Å². The maximum absolute atomic E-state index is 6.22. The summed E-state index contributed by atoms with van der Waals surface area (Å²) in [6.45, 7) is 15.4. The summed E-state index contributed by atoms with van der Waals surface area (Å²) >= 11 is 0. The molecule has 0 aromatic rings. The molecule has 0 radical (unpaired) electrons. The molecule has 3 heterocycles. The van der Waals surface area contributed by atoms with Crippen LogP contribution in [0.5, 0.6) is 0 Å². The highest BCUT2D eigenvalue weighted by molar-refractivity contribution is 5.19. The minimum absolute atomic E-state index is 0.215. The quantitative estimate of drug-likeness (QED) is 0.708. The van der Waals surface area contributed by atoms with Crippen molar-refractivity contribution >= 4 is 0 Å². The molecule has 2 atom stereocenters. The van der Waals surface area contributed by atoms with Crippen LogP contribution in [0.1, 0.15) is 40.0 Å². The van der Waals surface area contributed by atoms with Gasteiger partial charge in [0.1, 0.15) is 0 Å². The lowest BCUT2D eigenvalue weighted by Crippen LogP contribution is -2.56. The van der Waals surface area contributed by atoms with Gasteiger partial charge in [0, 0.05) is 58.0 Å². The van der Waals surface area contributed by atoms with Gasteiger partial charge in [-0.3, -0.25) is 4.90 Å². The van der Waals surface area contributed by atoms with Crippen molar-refractivity contribution in [3.63, 3.8) is 0 Å². The van der Waals surface area contributed by atoms with Crippen molar-refractivity contribution in [2.45, 2.75) is 45.6 Å². The van der Waals surface area contributed by atoms with E-state index in [1.54, 1.807) is 0 Å². The number of ether oxygens (including phenoxy) is 1. The molecule has 3 saturated heterocycles. The molecule has 3 aliphatic rings. The van der Waals surface area contributed by atoms with Crippen LogP contribution < -0.4 is 5.73 Å². The SMILES string of the molecule is C/C=C\C(=C/C(C)C)CCN1CC2CN(C3(CN)CCOCC3)CC2C1. The van der Waals surface area contributed by atoms with E-state index in [1.807, 2.05) is 0 Å². The van der Waals surface area contributed by atoms with Crippen LogP contribution in [0.25, 0.3) is 0 Å². The first-order valence-corrected chi connectivity index (χ1v) is 10.6. The summed E-state index contributed by atoms with van der Waals surface area (Å²) < 4.78 is 5.60. The molecule has 0 aromatic heterocycles. The van der Waals surface area contributed by atoms with Crippen molar-refractivity contribution in [2.75, 3.05) is 52.5 Å². The smallest absolute Gasteiger partial charge is 0.0484 e. The van der Waals surface area contributed by atoms with Crippen LogP contribution in [0.4, 0.5) is 0 Å². The largest absolute Gasteiger partial charge is 0.381 e. The number of hydrogen-bond acceptors (Lipinski definition) is 4. The standard InChI is InChI=1S/C22H39N3O/c1-4-5-19(12-18(2)3)6-9-24-13-20-15-25(16-21(20)14-24)22(17-23)7-10-26-11-8-22/h4-5,12,18,20-21H,6-11,13-17,23H2,1-3H3/b5-4-,19-12+. The molecule has 0 aliphatic carbocycles. The van der Waals surface area contributed by atoms with Crippen molar-refractivity contribution < 1.29 is 4.74 Å². The van der Waals surface area contributed by atoms with E-state index < -0.39 is 0 Å². The fourth-order valence-electron chi connectivity index (χ4n) is 5.21. The maximum Gasteiger partial charge on any atom is 0.0484 e. The molecular weight excluding hydrogens is 322 g/mol. The molecule has 0 aromatic carbocycles. The number of hydrogen-bond donors (Lipinski definition) is 1. The Labute approximate surface area is 160 Å². The summed E-state index contributed by atoms with van der Waals surface area (Å²) in [5.41, 5.74) is 7.93. The van der Waals surface area contributed by atoms with Crippen LogP contribution >= 0.6 is 0 Å². The predicted molar refractivity (Wildman–Crippen MR) is 109 cm³/mol. The van der Waals surface area contributed by atoms with Gasteiger partial charge in [-0.25, -0.2) is 0 Å². The molecular formula is C22H39N3O. The minimum atomic E-state index is 0.215. The fraction of sp³-hybridized carbons (Fsp3) is 0.818. The highest BCUT2D eigenvalue weighted by Crippen LogP contribution is 2.38. The van der Waals surface area contributed by atoms with Gasteiger partial charge in [-0.1, -0.05) is 37.6 Å². The lowest BCUT2D eigenvalue weighted by molar-refractivity contribution is -0.0183. The second-order valence-corrected chi connectivity index (χ2v) is 8.96. The average Bonchev–Trinajstić information content (AvgIpc) is 3.19. The monoisotopic (exact) mass is 361 g/mol. The number of nitrogens with two attached hydrogens (primary N) is 1. The Kier molecular flexibility index (Phi) is 6.95. The molecule has 26 heavy (non-hydrogen) atoms. The van der Waals surface area contributed by atoms with E-state index in [1.165, 1.54) is 44.7 Å². The Morgan fingerprint density at radius 2 is 1.81 bits per heavy atom. The topological polar surface area (TPSA) is 41.7 Å². The Bertz CT molecular complexity index is 494.